The number of rotatable bonds is 3. The molecule has 0 amide bonds. The molecule has 0 saturated carbocycles. The molecule has 2 aliphatic heterocycles. The zero-order valence-corrected chi connectivity index (χ0v) is 13.5. The van der Waals surface area contributed by atoms with Crippen molar-refractivity contribution in [3.8, 4) is 0 Å². The number of fused-ring (bicyclic) bond motifs is 1. The molecule has 1 aromatic rings. The summed E-state index contributed by atoms with van der Waals surface area (Å²) in [6.45, 7) is 5.94. The van der Waals surface area contributed by atoms with Crippen molar-refractivity contribution in [1.29, 1.82) is 0 Å². The van der Waals surface area contributed by atoms with Crippen LogP contribution in [0.4, 0.5) is 0 Å². The molecular formula is C14H21NS3. The fourth-order valence-electron chi connectivity index (χ4n) is 2.86. The third-order valence-electron chi connectivity index (χ3n) is 3.93. The lowest BCUT2D eigenvalue weighted by Crippen LogP contribution is -2.37. The molecule has 1 aromatic heterocycles. The van der Waals surface area contributed by atoms with Gasteiger partial charge in [-0.05, 0) is 48.9 Å². The molecular weight excluding hydrogens is 278 g/mol. The van der Waals surface area contributed by atoms with Gasteiger partial charge in [-0.1, -0.05) is 6.92 Å². The van der Waals surface area contributed by atoms with Crippen LogP contribution in [0, 0.1) is 0 Å². The smallest absolute Gasteiger partial charge is 0.0649 e. The van der Waals surface area contributed by atoms with Gasteiger partial charge in [0.1, 0.15) is 0 Å². The van der Waals surface area contributed by atoms with Crippen molar-refractivity contribution in [2.45, 2.75) is 53.4 Å². The van der Waals surface area contributed by atoms with E-state index >= 15 is 0 Å². The summed E-state index contributed by atoms with van der Waals surface area (Å²) in [6, 6.07) is 2.90. The minimum Gasteiger partial charge on any atom is -0.308 e. The zero-order chi connectivity index (χ0) is 12.6. The standard InChI is InChI=1S/C14H21NS3/c1-10-8-12(11-4-7-16-13(11)18-10)15-9-14(2)5-3-6-17-14/h4,7,10,12,15H,3,5-6,8-9H2,1-2H3/t10-,12?,14?/m0/s1. The molecule has 0 bridgehead atoms. The minimum absolute atomic E-state index is 0.476. The van der Waals surface area contributed by atoms with Gasteiger partial charge in [-0.2, -0.15) is 11.8 Å². The topological polar surface area (TPSA) is 12.0 Å². The number of hydrogen-bond acceptors (Lipinski definition) is 4. The molecule has 100 valence electrons. The van der Waals surface area contributed by atoms with Crippen LogP contribution in [0.5, 0.6) is 0 Å². The van der Waals surface area contributed by atoms with E-state index in [-0.39, 0.29) is 0 Å². The molecule has 4 heteroatoms. The van der Waals surface area contributed by atoms with E-state index < -0.39 is 0 Å². The van der Waals surface area contributed by atoms with E-state index in [9.17, 15) is 0 Å². The van der Waals surface area contributed by atoms with Gasteiger partial charge in [0, 0.05) is 22.6 Å². The van der Waals surface area contributed by atoms with Gasteiger partial charge < -0.3 is 5.32 Å². The molecule has 0 spiro atoms. The normalized spacial score (nSPS) is 35.7. The number of hydrogen-bond donors (Lipinski definition) is 1. The zero-order valence-electron chi connectivity index (χ0n) is 11.1. The van der Waals surface area contributed by atoms with Gasteiger partial charge in [-0.25, -0.2) is 0 Å². The first kappa shape index (κ1) is 13.3. The van der Waals surface area contributed by atoms with Crippen LogP contribution >= 0.6 is 34.9 Å². The Balaban J connectivity index is 1.66. The van der Waals surface area contributed by atoms with Gasteiger partial charge in [0.15, 0.2) is 0 Å². The van der Waals surface area contributed by atoms with Crippen molar-refractivity contribution in [1.82, 2.24) is 5.32 Å². The van der Waals surface area contributed by atoms with E-state index in [0.29, 0.717) is 10.8 Å². The van der Waals surface area contributed by atoms with Crippen molar-refractivity contribution in [2.75, 3.05) is 12.3 Å². The maximum atomic E-state index is 3.85. The van der Waals surface area contributed by atoms with Gasteiger partial charge in [-0.3, -0.25) is 0 Å². The van der Waals surface area contributed by atoms with Gasteiger partial charge in [-0.15, -0.1) is 23.1 Å². The Morgan fingerprint density at radius 2 is 2.39 bits per heavy atom. The van der Waals surface area contributed by atoms with Gasteiger partial charge >= 0.3 is 0 Å². The molecule has 1 fully saturated rings. The van der Waals surface area contributed by atoms with E-state index in [1.165, 1.54) is 29.2 Å². The average molecular weight is 300 g/mol. The maximum absolute atomic E-state index is 3.85. The summed E-state index contributed by atoms with van der Waals surface area (Å²) in [5, 5.41) is 6.84. The molecule has 0 aromatic carbocycles. The van der Waals surface area contributed by atoms with Gasteiger partial charge in [0.05, 0.1) is 4.21 Å². The number of nitrogens with one attached hydrogen (secondary N) is 1. The van der Waals surface area contributed by atoms with Crippen molar-refractivity contribution >= 4 is 34.9 Å². The Morgan fingerprint density at radius 3 is 3.17 bits per heavy atom. The fourth-order valence-corrected chi connectivity index (χ4v) is 6.68. The largest absolute Gasteiger partial charge is 0.308 e. The first-order chi connectivity index (χ1) is 8.66. The van der Waals surface area contributed by atoms with Crippen LogP contribution in [0.2, 0.25) is 0 Å². The minimum atomic E-state index is 0.476. The highest BCUT2D eigenvalue weighted by atomic mass is 32.2. The number of thiophene rings is 1. The van der Waals surface area contributed by atoms with Crippen molar-refractivity contribution < 1.29 is 0 Å². The Kier molecular flexibility index (Phi) is 4.00. The highest BCUT2D eigenvalue weighted by molar-refractivity contribution is 8.01. The molecule has 2 unspecified atom stereocenters. The summed E-state index contributed by atoms with van der Waals surface area (Å²) in [5.41, 5.74) is 1.55. The molecule has 1 nitrogen and oxygen atoms in total. The highest BCUT2D eigenvalue weighted by Gasteiger charge is 2.32. The molecule has 0 radical (unpaired) electrons. The Morgan fingerprint density at radius 1 is 1.50 bits per heavy atom. The Bertz CT molecular complexity index is 409. The summed E-state index contributed by atoms with van der Waals surface area (Å²) < 4.78 is 2.01. The third-order valence-corrected chi connectivity index (χ3v) is 7.81. The van der Waals surface area contributed by atoms with Crippen molar-refractivity contribution in [3.63, 3.8) is 0 Å². The van der Waals surface area contributed by atoms with Crippen LogP contribution in [0.15, 0.2) is 15.7 Å². The predicted molar refractivity (Wildman–Crippen MR) is 85.1 cm³/mol. The monoisotopic (exact) mass is 299 g/mol. The molecule has 18 heavy (non-hydrogen) atoms. The summed E-state index contributed by atoms with van der Waals surface area (Å²) in [7, 11) is 0. The summed E-state index contributed by atoms with van der Waals surface area (Å²) >= 11 is 6.11. The van der Waals surface area contributed by atoms with Crippen LogP contribution in [0.3, 0.4) is 0 Å². The molecule has 1 saturated heterocycles. The summed E-state index contributed by atoms with van der Waals surface area (Å²) in [5.74, 6) is 1.35. The van der Waals surface area contributed by atoms with Crippen LogP contribution in [0.1, 0.15) is 44.7 Å². The molecule has 3 heterocycles. The third kappa shape index (κ3) is 2.77. The quantitative estimate of drug-likeness (QED) is 0.879. The van der Waals surface area contributed by atoms with Crippen LogP contribution < -0.4 is 5.32 Å². The van der Waals surface area contributed by atoms with Gasteiger partial charge in [0.25, 0.3) is 0 Å². The maximum Gasteiger partial charge on any atom is 0.0649 e. The second kappa shape index (κ2) is 5.39. The van der Waals surface area contributed by atoms with E-state index in [2.05, 4.69) is 54.1 Å². The molecule has 2 aliphatic rings. The van der Waals surface area contributed by atoms with E-state index in [4.69, 9.17) is 0 Å². The molecule has 1 N–H and O–H groups in total. The second-order valence-electron chi connectivity index (χ2n) is 5.66. The van der Waals surface area contributed by atoms with Crippen LogP contribution in [-0.4, -0.2) is 22.3 Å². The SMILES string of the molecule is C[C@H]1CC(NCC2(C)CCCS2)c2ccsc2S1. The average Bonchev–Trinajstić information content (AvgIpc) is 2.95. The Hall–Kier alpha value is 0.360. The highest BCUT2D eigenvalue weighted by Crippen LogP contribution is 2.44. The van der Waals surface area contributed by atoms with Crippen molar-refractivity contribution in [3.05, 3.63) is 17.0 Å². The van der Waals surface area contributed by atoms with E-state index in [1.807, 2.05) is 11.3 Å². The molecule has 0 aliphatic carbocycles. The second-order valence-corrected chi connectivity index (χ2v) is 9.97. The van der Waals surface area contributed by atoms with Crippen LogP contribution in [-0.2, 0) is 0 Å². The summed E-state index contributed by atoms with van der Waals surface area (Å²) in [6.07, 6.45) is 4.04. The first-order valence-corrected chi connectivity index (χ1v) is 9.52. The van der Waals surface area contributed by atoms with E-state index in [1.54, 1.807) is 5.56 Å². The first-order valence-electron chi connectivity index (χ1n) is 6.78. The lowest BCUT2D eigenvalue weighted by Gasteiger charge is -2.31. The lowest BCUT2D eigenvalue weighted by molar-refractivity contribution is 0.444. The Labute approximate surface area is 123 Å². The number of thioether (sulfide) groups is 2. The molecule has 3 atom stereocenters. The van der Waals surface area contributed by atoms with Crippen molar-refractivity contribution in [2.24, 2.45) is 0 Å². The predicted octanol–water partition coefficient (Wildman–Crippen LogP) is 4.55. The molecule has 3 rings (SSSR count). The summed E-state index contributed by atoms with van der Waals surface area (Å²) in [4.78, 5) is 0. The van der Waals surface area contributed by atoms with E-state index in [0.717, 1.165) is 11.8 Å². The fraction of sp³-hybridized carbons (Fsp3) is 0.714. The lowest BCUT2D eigenvalue weighted by atomic mass is 10.0. The van der Waals surface area contributed by atoms with Crippen LogP contribution in [0.25, 0.3) is 0 Å². The van der Waals surface area contributed by atoms with Gasteiger partial charge in [0.2, 0.25) is 0 Å².